The lowest BCUT2D eigenvalue weighted by atomic mass is 9.89. The Balaban J connectivity index is 1.64. The van der Waals surface area contributed by atoms with E-state index in [1.54, 1.807) is 18.2 Å². The highest BCUT2D eigenvalue weighted by molar-refractivity contribution is 5.92. The number of nitro benzene ring substituents is 1. The second kappa shape index (κ2) is 7.95. The van der Waals surface area contributed by atoms with Gasteiger partial charge in [0.1, 0.15) is 0 Å². The summed E-state index contributed by atoms with van der Waals surface area (Å²) in [5, 5.41) is 13.7. The molecule has 5 nitrogen and oxygen atoms in total. The number of fused-ring (bicyclic) bond motifs is 1. The second-order valence-electron chi connectivity index (χ2n) is 6.65. The van der Waals surface area contributed by atoms with Crippen molar-refractivity contribution in [2.24, 2.45) is 0 Å². The molecule has 5 heteroatoms. The molecule has 0 saturated heterocycles. The van der Waals surface area contributed by atoms with Gasteiger partial charge in [0.2, 0.25) is 5.91 Å². The molecule has 0 bridgehead atoms. The molecule has 0 spiro atoms. The van der Waals surface area contributed by atoms with Crippen LogP contribution in [0.3, 0.4) is 0 Å². The fraction of sp³-hybridized carbons (Fsp3) is 0.286. The summed E-state index contributed by atoms with van der Waals surface area (Å²) in [7, 11) is 0. The van der Waals surface area contributed by atoms with Crippen LogP contribution in [0, 0.1) is 10.1 Å². The summed E-state index contributed by atoms with van der Waals surface area (Å²) in [6.45, 7) is 1.96. The van der Waals surface area contributed by atoms with Crippen LogP contribution in [-0.4, -0.2) is 10.8 Å². The molecular formula is C21H22N2O3. The van der Waals surface area contributed by atoms with E-state index in [-0.39, 0.29) is 17.6 Å². The van der Waals surface area contributed by atoms with Crippen LogP contribution in [0.2, 0.25) is 0 Å². The highest BCUT2D eigenvalue weighted by atomic mass is 16.6. The van der Waals surface area contributed by atoms with Crippen molar-refractivity contribution in [3.63, 3.8) is 0 Å². The standard InChI is InChI=1S/C21H22N2O3/c1-15(18-11-10-17-6-2-3-7-19(17)14-18)22-21(24)12-9-16-5-4-8-20(13-16)23(25)26/h4-5,8-15H,2-3,6-7H2,1H3,(H,22,24)/b12-9+. The lowest BCUT2D eigenvalue weighted by Gasteiger charge is -2.19. The molecule has 1 aliphatic rings. The van der Waals surface area contributed by atoms with Gasteiger partial charge in [-0.25, -0.2) is 0 Å². The zero-order chi connectivity index (χ0) is 18.5. The zero-order valence-corrected chi connectivity index (χ0v) is 14.8. The van der Waals surface area contributed by atoms with E-state index < -0.39 is 4.92 Å². The maximum atomic E-state index is 12.2. The normalized spacial score (nSPS) is 14.7. The Morgan fingerprint density at radius 1 is 1.15 bits per heavy atom. The van der Waals surface area contributed by atoms with Gasteiger partial charge in [0.25, 0.3) is 5.69 Å². The van der Waals surface area contributed by atoms with Crippen LogP contribution in [0.5, 0.6) is 0 Å². The van der Waals surface area contributed by atoms with E-state index in [0.717, 1.165) is 18.4 Å². The molecule has 1 N–H and O–H groups in total. The fourth-order valence-corrected chi connectivity index (χ4v) is 3.28. The first kappa shape index (κ1) is 17.9. The van der Waals surface area contributed by atoms with Gasteiger partial charge >= 0.3 is 0 Å². The van der Waals surface area contributed by atoms with Crippen LogP contribution < -0.4 is 5.32 Å². The van der Waals surface area contributed by atoms with E-state index in [4.69, 9.17) is 0 Å². The molecule has 1 atom stereocenters. The Hall–Kier alpha value is -2.95. The second-order valence-corrected chi connectivity index (χ2v) is 6.65. The molecule has 1 amide bonds. The molecule has 134 valence electrons. The molecule has 3 rings (SSSR count). The summed E-state index contributed by atoms with van der Waals surface area (Å²) in [4.78, 5) is 22.5. The Morgan fingerprint density at radius 2 is 1.92 bits per heavy atom. The maximum absolute atomic E-state index is 12.2. The number of amides is 1. The summed E-state index contributed by atoms with van der Waals surface area (Å²) in [5.74, 6) is -0.221. The van der Waals surface area contributed by atoms with Crippen LogP contribution in [-0.2, 0) is 17.6 Å². The molecule has 0 fully saturated rings. The van der Waals surface area contributed by atoms with Gasteiger partial charge in [-0.1, -0.05) is 30.3 Å². The number of aryl methyl sites for hydroxylation is 2. The molecule has 1 aliphatic carbocycles. The number of carbonyl (C=O) groups is 1. The number of nitrogens with one attached hydrogen (secondary N) is 1. The van der Waals surface area contributed by atoms with Crippen molar-refractivity contribution >= 4 is 17.7 Å². The van der Waals surface area contributed by atoms with Gasteiger partial charge in [0.15, 0.2) is 0 Å². The molecule has 0 saturated carbocycles. The topological polar surface area (TPSA) is 72.2 Å². The molecule has 26 heavy (non-hydrogen) atoms. The average molecular weight is 350 g/mol. The van der Waals surface area contributed by atoms with Crippen LogP contribution in [0.4, 0.5) is 5.69 Å². The van der Waals surface area contributed by atoms with E-state index in [2.05, 4.69) is 23.5 Å². The van der Waals surface area contributed by atoms with Crippen molar-refractivity contribution < 1.29 is 9.72 Å². The van der Waals surface area contributed by atoms with Crippen molar-refractivity contribution in [2.75, 3.05) is 0 Å². The number of nitro groups is 1. The van der Waals surface area contributed by atoms with Crippen molar-refractivity contribution in [3.05, 3.63) is 80.9 Å². The molecule has 2 aromatic rings. The van der Waals surface area contributed by atoms with Crippen molar-refractivity contribution in [1.82, 2.24) is 5.32 Å². The largest absolute Gasteiger partial charge is 0.346 e. The molecule has 0 heterocycles. The molecular weight excluding hydrogens is 328 g/mol. The predicted molar refractivity (Wildman–Crippen MR) is 102 cm³/mol. The third-order valence-electron chi connectivity index (χ3n) is 4.74. The minimum absolute atomic E-state index is 0.00925. The van der Waals surface area contributed by atoms with Gasteiger partial charge in [0.05, 0.1) is 11.0 Å². The Bertz CT molecular complexity index is 858. The van der Waals surface area contributed by atoms with Crippen molar-refractivity contribution in [1.29, 1.82) is 0 Å². The first-order valence-corrected chi connectivity index (χ1v) is 8.87. The number of benzene rings is 2. The zero-order valence-electron chi connectivity index (χ0n) is 14.8. The minimum atomic E-state index is -0.449. The molecule has 2 aromatic carbocycles. The van der Waals surface area contributed by atoms with E-state index in [1.807, 2.05) is 6.92 Å². The molecule has 1 unspecified atom stereocenters. The molecule has 0 aromatic heterocycles. The van der Waals surface area contributed by atoms with Gasteiger partial charge in [-0.05, 0) is 60.9 Å². The first-order chi connectivity index (χ1) is 12.5. The number of rotatable bonds is 5. The number of nitrogens with zero attached hydrogens (tertiary/aromatic N) is 1. The van der Waals surface area contributed by atoms with Gasteiger partial charge in [-0.2, -0.15) is 0 Å². The third kappa shape index (κ3) is 4.36. The molecule has 0 aliphatic heterocycles. The van der Waals surface area contributed by atoms with Gasteiger partial charge in [0, 0.05) is 18.2 Å². The summed E-state index contributed by atoms with van der Waals surface area (Å²) < 4.78 is 0. The summed E-state index contributed by atoms with van der Waals surface area (Å²) in [5.41, 5.74) is 4.54. The number of hydrogen-bond donors (Lipinski definition) is 1. The number of carbonyl (C=O) groups excluding carboxylic acids is 1. The lowest BCUT2D eigenvalue weighted by molar-refractivity contribution is -0.384. The third-order valence-corrected chi connectivity index (χ3v) is 4.74. The summed E-state index contributed by atoms with van der Waals surface area (Å²) >= 11 is 0. The number of non-ortho nitro benzene ring substituents is 1. The quantitative estimate of drug-likeness (QED) is 0.494. The van der Waals surface area contributed by atoms with Gasteiger partial charge < -0.3 is 5.32 Å². The van der Waals surface area contributed by atoms with Gasteiger partial charge in [-0.3, -0.25) is 14.9 Å². The SMILES string of the molecule is CC(NC(=O)/C=C/c1cccc([N+](=O)[O-])c1)c1ccc2c(c1)CCCC2. The monoisotopic (exact) mass is 350 g/mol. The Kier molecular flexibility index (Phi) is 5.46. The maximum Gasteiger partial charge on any atom is 0.270 e. The van der Waals surface area contributed by atoms with Crippen molar-refractivity contribution in [2.45, 2.75) is 38.6 Å². The summed E-state index contributed by atoms with van der Waals surface area (Å²) in [6, 6.07) is 12.6. The molecule has 0 radical (unpaired) electrons. The van der Waals surface area contributed by atoms with E-state index >= 15 is 0 Å². The van der Waals surface area contributed by atoms with E-state index in [1.165, 1.54) is 42.2 Å². The number of hydrogen-bond acceptors (Lipinski definition) is 3. The highest BCUT2D eigenvalue weighted by Gasteiger charge is 2.13. The Morgan fingerprint density at radius 3 is 2.69 bits per heavy atom. The van der Waals surface area contributed by atoms with Crippen LogP contribution >= 0.6 is 0 Å². The van der Waals surface area contributed by atoms with Crippen LogP contribution in [0.25, 0.3) is 6.08 Å². The van der Waals surface area contributed by atoms with Crippen LogP contribution in [0.15, 0.2) is 48.5 Å². The lowest BCUT2D eigenvalue weighted by Crippen LogP contribution is -2.24. The van der Waals surface area contributed by atoms with E-state index in [0.29, 0.717) is 5.56 Å². The van der Waals surface area contributed by atoms with Crippen molar-refractivity contribution in [3.8, 4) is 0 Å². The Labute approximate surface area is 152 Å². The smallest absolute Gasteiger partial charge is 0.270 e. The first-order valence-electron chi connectivity index (χ1n) is 8.87. The predicted octanol–water partition coefficient (Wildman–Crippen LogP) is 4.36. The fourth-order valence-electron chi connectivity index (χ4n) is 3.28. The summed E-state index contributed by atoms with van der Waals surface area (Å²) in [6.07, 6.45) is 7.72. The van der Waals surface area contributed by atoms with E-state index in [9.17, 15) is 14.9 Å². The van der Waals surface area contributed by atoms with Crippen LogP contribution in [0.1, 0.15) is 48.1 Å². The highest BCUT2D eigenvalue weighted by Crippen LogP contribution is 2.24. The minimum Gasteiger partial charge on any atom is -0.346 e. The van der Waals surface area contributed by atoms with Gasteiger partial charge in [-0.15, -0.1) is 0 Å². The average Bonchev–Trinajstić information content (AvgIpc) is 2.66.